The van der Waals surface area contributed by atoms with Crippen LogP contribution in [0.25, 0.3) is 0 Å². The zero-order valence-electron chi connectivity index (χ0n) is 8.39. The number of fused-ring (bicyclic) bond motifs is 1. The summed E-state index contributed by atoms with van der Waals surface area (Å²) in [6.07, 6.45) is 2.25. The van der Waals surface area contributed by atoms with Crippen LogP contribution in [0, 0.1) is 13.8 Å². The van der Waals surface area contributed by atoms with Crippen LogP contribution in [0.1, 0.15) is 35.2 Å². The molecule has 1 aliphatic rings. The van der Waals surface area contributed by atoms with Gasteiger partial charge in [0.2, 0.25) is 0 Å². The molecule has 0 aromatic carbocycles. The van der Waals surface area contributed by atoms with Gasteiger partial charge in [-0.3, -0.25) is 0 Å². The molecule has 1 N–H and O–H groups in total. The third-order valence-corrected chi connectivity index (χ3v) is 2.69. The molecule has 0 aliphatic heterocycles. The number of nitrogens with zero attached hydrogens (tertiary/aromatic N) is 2. The molecular weight excluding hydrogens is 162 g/mol. The van der Waals surface area contributed by atoms with Gasteiger partial charge in [0.05, 0.1) is 0 Å². The Morgan fingerprint density at radius 3 is 2.77 bits per heavy atom. The molecule has 1 aromatic rings. The van der Waals surface area contributed by atoms with Gasteiger partial charge in [0.15, 0.2) is 0 Å². The van der Waals surface area contributed by atoms with Gasteiger partial charge in [-0.2, -0.15) is 0 Å². The van der Waals surface area contributed by atoms with E-state index in [4.69, 9.17) is 0 Å². The topological polar surface area (TPSA) is 37.8 Å². The third-order valence-electron chi connectivity index (χ3n) is 2.69. The van der Waals surface area contributed by atoms with Crippen molar-refractivity contribution in [3.8, 4) is 0 Å². The number of rotatable bonds is 1. The van der Waals surface area contributed by atoms with Crippen molar-refractivity contribution < 1.29 is 0 Å². The van der Waals surface area contributed by atoms with Crippen LogP contribution in [0.3, 0.4) is 0 Å². The molecule has 2 rings (SSSR count). The van der Waals surface area contributed by atoms with Gasteiger partial charge >= 0.3 is 0 Å². The van der Waals surface area contributed by atoms with Crippen molar-refractivity contribution in [1.82, 2.24) is 15.3 Å². The number of hydrogen-bond donors (Lipinski definition) is 1. The molecule has 1 unspecified atom stereocenters. The highest BCUT2D eigenvalue weighted by Crippen LogP contribution is 2.31. The summed E-state index contributed by atoms with van der Waals surface area (Å²) in [4.78, 5) is 8.85. The lowest BCUT2D eigenvalue weighted by molar-refractivity contribution is 0.586. The second-order valence-electron chi connectivity index (χ2n) is 3.60. The fourth-order valence-electron chi connectivity index (χ4n) is 2.15. The fourth-order valence-corrected chi connectivity index (χ4v) is 2.15. The summed E-state index contributed by atoms with van der Waals surface area (Å²) in [6.45, 7) is 4.03. The van der Waals surface area contributed by atoms with Crippen LogP contribution in [-0.2, 0) is 6.42 Å². The smallest absolute Gasteiger partial charge is 0.125 e. The fraction of sp³-hybridized carbons (Fsp3) is 0.600. The first-order valence-electron chi connectivity index (χ1n) is 4.73. The standard InChI is InChI=1S/C10H15N3/c1-6-10-8(11-3)4-5-9(10)13-7(2)12-6/h8,11H,4-5H2,1-3H3. The van der Waals surface area contributed by atoms with Gasteiger partial charge in [-0.05, 0) is 33.7 Å². The maximum Gasteiger partial charge on any atom is 0.125 e. The van der Waals surface area contributed by atoms with Crippen molar-refractivity contribution >= 4 is 0 Å². The van der Waals surface area contributed by atoms with Crippen LogP contribution in [0.15, 0.2) is 0 Å². The summed E-state index contributed by atoms with van der Waals surface area (Å²) in [5.41, 5.74) is 3.71. The second kappa shape index (κ2) is 3.07. The predicted molar refractivity (Wildman–Crippen MR) is 51.6 cm³/mol. The van der Waals surface area contributed by atoms with Gasteiger partial charge in [0.25, 0.3) is 0 Å². The average Bonchev–Trinajstić information content (AvgIpc) is 2.47. The van der Waals surface area contributed by atoms with Crippen molar-refractivity contribution in [3.05, 3.63) is 22.8 Å². The maximum atomic E-state index is 4.46. The Bertz CT molecular complexity index is 333. The van der Waals surface area contributed by atoms with Crippen LogP contribution in [0.2, 0.25) is 0 Å². The molecule has 0 radical (unpaired) electrons. The van der Waals surface area contributed by atoms with E-state index in [2.05, 4.69) is 22.2 Å². The first kappa shape index (κ1) is 8.63. The van der Waals surface area contributed by atoms with Gasteiger partial charge < -0.3 is 5.32 Å². The summed E-state index contributed by atoms with van der Waals surface area (Å²) in [7, 11) is 2.00. The number of aryl methyl sites for hydroxylation is 3. The van der Waals surface area contributed by atoms with Gasteiger partial charge in [-0.25, -0.2) is 9.97 Å². The Morgan fingerprint density at radius 1 is 1.31 bits per heavy atom. The molecule has 1 heterocycles. The minimum absolute atomic E-state index is 0.468. The normalized spacial score (nSPS) is 20.4. The van der Waals surface area contributed by atoms with Gasteiger partial charge in [0.1, 0.15) is 5.82 Å². The van der Waals surface area contributed by atoms with Crippen LogP contribution < -0.4 is 5.32 Å². The zero-order valence-corrected chi connectivity index (χ0v) is 8.39. The molecule has 3 nitrogen and oxygen atoms in total. The highest BCUT2D eigenvalue weighted by atomic mass is 14.9. The SMILES string of the molecule is CNC1CCc2nc(C)nc(C)c21. The monoisotopic (exact) mass is 177 g/mol. The number of aromatic nitrogens is 2. The molecule has 70 valence electrons. The minimum atomic E-state index is 0.468. The lowest BCUT2D eigenvalue weighted by Crippen LogP contribution is -2.15. The summed E-state index contributed by atoms with van der Waals surface area (Å²) in [5.74, 6) is 0.896. The van der Waals surface area contributed by atoms with Crippen LogP contribution >= 0.6 is 0 Å². The first-order chi connectivity index (χ1) is 6.22. The Labute approximate surface area is 78.6 Å². The van der Waals surface area contributed by atoms with E-state index in [0.29, 0.717) is 6.04 Å². The minimum Gasteiger partial charge on any atom is -0.313 e. The molecule has 0 spiro atoms. The Kier molecular flexibility index (Phi) is 2.04. The average molecular weight is 177 g/mol. The zero-order chi connectivity index (χ0) is 9.42. The van der Waals surface area contributed by atoms with Gasteiger partial charge in [0, 0.05) is 23.0 Å². The molecule has 1 aliphatic carbocycles. The van der Waals surface area contributed by atoms with Crippen molar-refractivity contribution in [2.75, 3.05) is 7.05 Å². The predicted octanol–water partition coefficient (Wildman–Crippen LogP) is 1.30. The van der Waals surface area contributed by atoms with Crippen molar-refractivity contribution in [1.29, 1.82) is 0 Å². The Hall–Kier alpha value is -0.960. The van der Waals surface area contributed by atoms with Crippen LogP contribution in [0.5, 0.6) is 0 Å². The first-order valence-corrected chi connectivity index (χ1v) is 4.73. The highest BCUT2D eigenvalue weighted by molar-refractivity contribution is 5.32. The summed E-state index contributed by atoms with van der Waals surface area (Å²) in [6, 6.07) is 0.468. The van der Waals surface area contributed by atoms with E-state index in [1.54, 1.807) is 0 Å². The van der Waals surface area contributed by atoms with E-state index in [9.17, 15) is 0 Å². The molecule has 1 aromatic heterocycles. The van der Waals surface area contributed by atoms with Crippen molar-refractivity contribution in [2.24, 2.45) is 0 Å². The van der Waals surface area contributed by atoms with Gasteiger partial charge in [-0.15, -0.1) is 0 Å². The van der Waals surface area contributed by atoms with E-state index < -0.39 is 0 Å². The summed E-state index contributed by atoms with van der Waals surface area (Å²) in [5, 5.41) is 3.30. The van der Waals surface area contributed by atoms with Crippen molar-refractivity contribution in [3.63, 3.8) is 0 Å². The maximum absolute atomic E-state index is 4.46. The van der Waals surface area contributed by atoms with Crippen LogP contribution in [-0.4, -0.2) is 17.0 Å². The van der Waals surface area contributed by atoms with E-state index in [0.717, 1.165) is 24.4 Å². The lowest BCUT2D eigenvalue weighted by Gasteiger charge is -2.11. The molecular formula is C10H15N3. The van der Waals surface area contributed by atoms with Crippen molar-refractivity contribution in [2.45, 2.75) is 32.7 Å². The second-order valence-corrected chi connectivity index (χ2v) is 3.60. The quantitative estimate of drug-likeness (QED) is 0.702. The number of nitrogens with one attached hydrogen (secondary N) is 1. The molecule has 0 bridgehead atoms. The van der Waals surface area contributed by atoms with E-state index >= 15 is 0 Å². The lowest BCUT2D eigenvalue weighted by atomic mass is 10.1. The Balaban J connectivity index is 2.51. The molecule has 0 saturated heterocycles. The molecule has 0 saturated carbocycles. The molecule has 13 heavy (non-hydrogen) atoms. The molecule has 1 atom stereocenters. The summed E-state index contributed by atoms with van der Waals surface area (Å²) < 4.78 is 0. The van der Waals surface area contributed by atoms with Gasteiger partial charge in [-0.1, -0.05) is 0 Å². The third kappa shape index (κ3) is 1.33. The van der Waals surface area contributed by atoms with E-state index in [-0.39, 0.29) is 0 Å². The largest absolute Gasteiger partial charge is 0.313 e. The highest BCUT2D eigenvalue weighted by Gasteiger charge is 2.24. The summed E-state index contributed by atoms with van der Waals surface area (Å²) >= 11 is 0. The molecule has 0 fully saturated rings. The molecule has 0 amide bonds. The number of hydrogen-bond acceptors (Lipinski definition) is 3. The van der Waals surface area contributed by atoms with E-state index in [1.807, 2.05) is 14.0 Å². The molecule has 3 heteroatoms. The Morgan fingerprint density at radius 2 is 2.08 bits per heavy atom. The van der Waals surface area contributed by atoms with E-state index in [1.165, 1.54) is 11.3 Å². The van der Waals surface area contributed by atoms with Crippen LogP contribution in [0.4, 0.5) is 0 Å².